The third-order valence-electron chi connectivity index (χ3n) is 4.67. The van der Waals surface area contributed by atoms with Crippen LogP contribution in [0.3, 0.4) is 0 Å². The third kappa shape index (κ3) is 6.87. The van der Waals surface area contributed by atoms with E-state index in [1.165, 1.54) is 0 Å². The van der Waals surface area contributed by atoms with Crippen LogP contribution in [0.1, 0.15) is 37.5 Å². The van der Waals surface area contributed by atoms with Crippen molar-refractivity contribution in [3.8, 4) is 0 Å². The topological polar surface area (TPSA) is 96.0 Å². The molecule has 0 aromatic heterocycles. The Morgan fingerprint density at radius 3 is 1.42 bits per heavy atom. The monoisotopic (exact) mass is 446 g/mol. The lowest BCUT2D eigenvalue weighted by Gasteiger charge is -2.25. The minimum Gasteiger partial charge on any atom is -0.458 e. The van der Waals surface area contributed by atoms with Gasteiger partial charge in [-0.05, 0) is 36.4 Å². The minimum absolute atomic E-state index is 0.256. The maximum absolute atomic E-state index is 12.6. The van der Waals surface area contributed by atoms with Gasteiger partial charge in [-0.3, -0.25) is 0 Å². The van der Waals surface area contributed by atoms with Gasteiger partial charge < -0.3 is 19.0 Å². The zero-order valence-corrected chi connectivity index (χ0v) is 17.7. The first-order chi connectivity index (χ1) is 16.1. The second-order valence-corrected chi connectivity index (χ2v) is 6.99. The molecule has 0 saturated heterocycles. The van der Waals surface area contributed by atoms with Gasteiger partial charge in [0, 0.05) is 6.42 Å². The molecule has 7 heteroatoms. The second-order valence-electron chi connectivity index (χ2n) is 6.99. The van der Waals surface area contributed by atoms with Crippen molar-refractivity contribution >= 4 is 24.2 Å². The van der Waals surface area contributed by atoms with Crippen LogP contribution in [-0.2, 0) is 19.0 Å². The second kappa shape index (κ2) is 12.0. The van der Waals surface area contributed by atoms with Crippen molar-refractivity contribution in [2.75, 3.05) is 6.61 Å². The first-order valence-corrected chi connectivity index (χ1v) is 10.3. The zero-order chi connectivity index (χ0) is 23.5. The van der Waals surface area contributed by atoms with E-state index < -0.39 is 36.7 Å². The lowest BCUT2D eigenvalue weighted by atomic mass is 10.1. The summed E-state index contributed by atoms with van der Waals surface area (Å²) in [5.41, 5.74) is 0.831. The third-order valence-corrected chi connectivity index (χ3v) is 4.67. The molecule has 0 bridgehead atoms. The van der Waals surface area contributed by atoms with E-state index >= 15 is 0 Å². The van der Waals surface area contributed by atoms with E-state index in [1.807, 2.05) is 0 Å². The molecule has 0 fully saturated rings. The van der Waals surface area contributed by atoms with Crippen LogP contribution in [0.15, 0.2) is 91.0 Å². The Hall–Kier alpha value is -4.26. The summed E-state index contributed by atoms with van der Waals surface area (Å²) in [6.45, 7) is -0.410. The SMILES string of the molecule is O=CC[C@@H](OC(=O)c1ccccc1)[C@H](COC(=O)c1ccccc1)OC(=O)c1ccccc1. The summed E-state index contributed by atoms with van der Waals surface area (Å²) in [4.78, 5) is 48.9. The average Bonchev–Trinajstić information content (AvgIpc) is 2.87. The Morgan fingerprint density at radius 1 is 0.606 bits per heavy atom. The molecule has 0 amide bonds. The molecular weight excluding hydrogens is 424 g/mol. The van der Waals surface area contributed by atoms with Crippen molar-refractivity contribution in [3.63, 3.8) is 0 Å². The maximum atomic E-state index is 12.6. The molecule has 2 atom stereocenters. The highest BCUT2D eigenvalue weighted by atomic mass is 16.6. The summed E-state index contributed by atoms with van der Waals surface area (Å²) >= 11 is 0. The van der Waals surface area contributed by atoms with E-state index in [1.54, 1.807) is 91.0 Å². The van der Waals surface area contributed by atoms with Gasteiger partial charge in [-0.25, -0.2) is 14.4 Å². The number of hydrogen-bond acceptors (Lipinski definition) is 7. The summed E-state index contributed by atoms with van der Waals surface area (Å²) in [6.07, 6.45) is -2.07. The van der Waals surface area contributed by atoms with Gasteiger partial charge >= 0.3 is 17.9 Å². The molecule has 33 heavy (non-hydrogen) atoms. The number of carbonyl (C=O) groups excluding carboxylic acids is 4. The first kappa shape index (κ1) is 23.4. The van der Waals surface area contributed by atoms with Gasteiger partial charge in [0.2, 0.25) is 0 Å². The van der Waals surface area contributed by atoms with Crippen LogP contribution in [-0.4, -0.2) is 43.0 Å². The summed E-state index contributed by atoms with van der Waals surface area (Å²) in [5, 5.41) is 0. The molecule has 0 heterocycles. The molecule has 7 nitrogen and oxygen atoms in total. The lowest BCUT2D eigenvalue weighted by Crippen LogP contribution is -2.39. The van der Waals surface area contributed by atoms with Crippen molar-refractivity contribution in [2.24, 2.45) is 0 Å². The van der Waals surface area contributed by atoms with E-state index in [-0.39, 0.29) is 17.5 Å². The van der Waals surface area contributed by atoms with Crippen molar-refractivity contribution in [1.82, 2.24) is 0 Å². The molecule has 3 aromatic carbocycles. The summed E-state index contributed by atoms with van der Waals surface area (Å²) < 4.78 is 16.3. The molecule has 0 aliphatic carbocycles. The highest BCUT2D eigenvalue weighted by Gasteiger charge is 2.31. The number of ether oxygens (including phenoxy) is 3. The number of rotatable bonds is 10. The molecule has 0 aliphatic rings. The van der Waals surface area contributed by atoms with Gasteiger partial charge in [0.1, 0.15) is 19.0 Å². The van der Waals surface area contributed by atoms with Crippen LogP contribution in [0.2, 0.25) is 0 Å². The van der Waals surface area contributed by atoms with Gasteiger partial charge in [-0.15, -0.1) is 0 Å². The fraction of sp³-hybridized carbons (Fsp3) is 0.154. The van der Waals surface area contributed by atoms with Crippen LogP contribution in [0.25, 0.3) is 0 Å². The summed E-state index contributed by atoms with van der Waals surface area (Å²) in [5.74, 6) is -2.05. The molecule has 168 valence electrons. The molecule has 0 aliphatic heterocycles. The number of esters is 3. The highest BCUT2D eigenvalue weighted by Crippen LogP contribution is 2.16. The predicted octanol–water partition coefficient (Wildman–Crippen LogP) is 3.88. The standard InChI is InChI=1S/C26H22O7/c27-17-16-22(32-25(29)20-12-6-2-7-13-20)23(33-26(30)21-14-8-3-9-15-21)18-31-24(28)19-10-4-1-5-11-19/h1-15,17,22-23H,16,18H2/t22-,23+/m1/s1. The lowest BCUT2D eigenvalue weighted by molar-refractivity contribution is -0.112. The Balaban J connectivity index is 1.79. The van der Waals surface area contributed by atoms with Crippen LogP contribution >= 0.6 is 0 Å². The molecule has 0 spiro atoms. The average molecular weight is 446 g/mol. The van der Waals surface area contributed by atoms with Crippen molar-refractivity contribution < 1.29 is 33.4 Å². The first-order valence-electron chi connectivity index (χ1n) is 10.3. The normalized spacial score (nSPS) is 12.1. The summed E-state index contributed by atoms with van der Waals surface area (Å²) in [6, 6.07) is 24.6. The van der Waals surface area contributed by atoms with Crippen LogP contribution in [0.4, 0.5) is 0 Å². The Labute approximate surface area is 190 Å². The molecule has 0 unspecified atom stereocenters. The number of benzene rings is 3. The number of hydrogen-bond donors (Lipinski definition) is 0. The van der Waals surface area contributed by atoms with E-state index in [0.717, 1.165) is 0 Å². The van der Waals surface area contributed by atoms with Gasteiger partial charge in [0.05, 0.1) is 16.7 Å². The van der Waals surface area contributed by atoms with E-state index in [2.05, 4.69) is 0 Å². The van der Waals surface area contributed by atoms with Gasteiger partial charge in [0.25, 0.3) is 0 Å². The van der Waals surface area contributed by atoms with E-state index in [0.29, 0.717) is 11.8 Å². The Kier molecular flexibility index (Phi) is 8.48. The Morgan fingerprint density at radius 2 is 1.00 bits per heavy atom. The van der Waals surface area contributed by atoms with Gasteiger partial charge in [-0.2, -0.15) is 0 Å². The maximum Gasteiger partial charge on any atom is 0.338 e. The van der Waals surface area contributed by atoms with Crippen LogP contribution in [0.5, 0.6) is 0 Å². The Bertz CT molecular complexity index is 1070. The van der Waals surface area contributed by atoms with Gasteiger partial charge in [-0.1, -0.05) is 54.6 Å². The minimum atomic E-state index is -1.21. The van der Waals surface area contributed by atoms with Crippen LogP contribution < -0.4 is 0 Å². The zero-order valence-electron chi connectivity index (χ0n) is 17.7. The fourth-order valence-corrected chi connectivity index (χ4v) is 2.96. The van der Waals surface area contributed by atoms with E-state index in [4.69, 9.17) is 14.2 Å². The predicted molar refractivity (Wildman–Crippen MR) is 119 cm³/mol. The summed E-state index contributed by atoms with van der Waals surface area (Å²) in [7, 11) is 0. The number of carbonyl (C=O) groups is 4. The quantitative estimate of drug-likeness (QED) is 0.265. The smallest absolute Gasteiger partial charge is 0.338 e. The molecule has 3 rings (SSSR count). The van der Waals surface area contributed by atoms with Crippen LogP contribution in [0, 0.1) is 0 Å². The van der Waals surface area contributed by atoms with E-state index in [9.17, 15) is 19.2 Å². The molecule has 0 radical (unpaired) electrons. The molecule has 0 N–H and O–H groups in total. The molecule has 3 aromatic rings. The highest BCUT2D eigenvalue weighted by molar-refractivity contribution is 5.91. The molecular formula is C26H22O7. The number of aldehydes is 1. The fourth-order valence-electron chi connectivity index (χ4n) is 2.96. The largest absolute Gasteiger partial charge is 0.458 e. The van der Waals surface area contributed by atoms with Crippen molar-refractivity contribution in [3.05, 3.63) is 108 Å². The van der Waals surface area contributed by atoms with Gasteiger partial charge in [0.15, 0.2) is 6.10 Å². The molecule has 0 saturated carbocycles. The van der Waals surface area contributed by atoms with Crippen molar-refractivity contribution in [1.29, 1.82) is 0 Å². The van der Waals surface area contributed by atoms with Crippen molar-refractivity contribution in [2.45, 2.75) is 18.6 Å².